The summed E-state index contributed by atoms with van der Waals surface area (Å²) in [5, 5.41) is 20.8. The molecule has 0 bridgehead atoms. The Morgan fingerprint density at radius 3 is 2.07 bits per heavy atom. The Bertz CT molecular complexity index is 1080. The summed E-state index contributed by atoms with van der Waals surface area (Å²) in [6.45, 7) is 3.54. The molecule has 0 aliphatic carbocycles. The molecule has 28 heavy (non-hydrogen) atoms. The zero-order valence-corrected chi connectivity index (χ0v) is 18.2. The molecule has 4 aromatic rings. The molecule has 0 atom stereocenters. The van der Waals surface area contributed by atoms with Crippen molar-refractivity contribution in [3.8, 4) is 0 Å². The number of rotatable bonds is 1. The lowest BCUT2D eigenvalue weighted by Crippen LogP contribution is -2.20. The van der Waals surface area contributed by atoms with Crippen molar-refractivity contribution in [2.75, 3.05) is 0 Å². The molecule has 7 heteroatoms. The molecule has 152 valence electrons. The lowest BCUT2D eigenvalue weighted by molar-refractivity contribution is 0.0711. The molecule has 0 fully saturated rings. The first kappa shape index (κ1) is 24.3. The van der Waals surface area contributed by atoms with Crippen LogP contribution in [0.2, 0.25) is 0 Å². The van der Waals surface area contributed by atoms with Crippen molar-refractivity contribution in [2.24, 2.45) is 14.1 Å². The van der Waals surface area contributed by atoms with E-state index in [1.54, 1.807) is 18.5 Å². The van der Waals surface area contributed by atoms with Gasteiger partial charge in [-0.05, 0) is 50.2 Å². The summed E-state index contributed by atoms with van der Waals surface area (Å²) in [7, 11) is 3.77. The molecule has 0 spiro atoms. The largest absolute Gasteiger partial charge is 0.384 e. The van der Waals surface area contributed by atoms with Crippen LogP contribution in [-0.4, -0.2) is 24.7 Å². The van der Waals surface area contributed by atoms with Crippen molar-refractivity contribution in [1.82, 2.24) is 19.6 Å². The Labute approximate surface area is 183 Å². The third-order valence-corrected chi connectivity index (χ3v) is 4.94. The van der Waals surface area contributed by atoms with Gasteiger partial charge in [0.15, 0.2) is 0 Å². The quantitative estimate of drug-likeness (QED) is 0.332. The molecule has 2 aromatic heterocycles. The highest BCUT2D eigenvalue weighted by Gasteiger charge is 2.24. The van der Waals surface area contributed by atoms with Crippen molar-refractivity contribution in [1.29, 1.82) is 0 Å². The van der Waals surface area contributed by atoms with Crippen LogP contribution in [-0.2, 0) is 19.7 Å². The van der Waals surface area contributed by atoms with Gasteiger partial charge in [0.1, 0.15) is 5.60 Å². The topological polar surface area (TPSA) is 55.9 Å². The molecule has 0 unspecified atom stereocenters. The van der Waals surface area contributed by atoms with Gasteiger partial charge in [-0.25, -0.2) is 0 Å². The number of aryl methyl sites for hydroxylation is 2. The summed E-state index contributed by atoms with van der Waals surface area (Å²) in [5.41, 5.74) is 1.89. The SMILES string of the molecule is C.C.Cn1cc2cc(Br)ccc2n1.Cn1nc2ccc(Br)cc2c1C(C)(C)O. The van der Waals surface area contributed by atoms with E-state index in [-0.39, 0.29) is 14.9 Å². The molecule has 0 saturated heterocycles. The molecule has 0 radical (unpaired) electrons. The van der Waals surface area contributed by atoms with Gasteiger partial charge >= 0.3 is 0 Å². The Morgan fingerprint density at radius 1 is 0.893 bits per heavy atom. The zero-order chi connectivity index (χ0) is 19.1. The maximum absolute atomic E-state index is 10.1. The fourth-order valence-corrected chi connectivity index (χ4v) is 3.76. The van der Waals surface area contributed by atoms with E-state index in [2.05, 4.69) is 48.1 Å². The van der Waals surface area contributed by atoms with Crippen molar-refractivity contribution >= 4 is 53.7 Å². The van der Waals surface area contributed by atoms with Crippen molar-refractivity contribution < 1.29 is 5.11 Å². The standard InChI is InChI=1S/C11H13BrN2O.C8H7BrN2.2CH4/c1-11(2,15)10-8-6-7(12)4-5-9(8)13-14(10)3;1-11-5-6-4-7(9)2-3-8(6)10-11;;/h4-6,15H,1-3H3;2-5H,1H3;2*1H4. The summed E-state index contributed by atoms with van der Waals surface area (Å²) in [6.07, 6.45) is 2.00. The molecule has 0 amide bonds. The fraction of sp³-hybridized carbons (Fsp3) is 0.333. The second-order valence-corrected chi connectivity index (χ2v) is 8.53. The third-order valence-electron chi connectivity index (χ3n) is 3.96. The molecule has 0 saturated carbocycles. The molecule has 0 aliphatic heterocycles. The van der Waals surface area contributed by atoms with Gasteiger partial charge < -0.3 is 5.11 Å². The van der Waals surface area contributed by atoms with Crippen LogP contribution in [0.3, 0.4) is 0 Å². The number of benzene rings is 2. The minimum atomic E-state index is -0.885. The third kappa shape index (κ3) is 5.21. The highest BCUT2D eigenvalue weighted by atomic mass is 79.9. The minimum Gasteiger partial charge on any atom is -0.384 e. The van der Waals surface area contributed by atoms with Crippen LogP contribution in [0.25, 0.3) is 21.8 Å². The summed E-state index contributed by atoms with van der Waals surface area (Å²) in [5.74, 6) is 0. The second kappa shape index (κ2) is 9.20. The number of aliphatic hydroxyl groups is 1. The molecule has 2 aromatic carbocycles. The predicted molar refractivity (Wildman–Crippen MR) is 126 cm³/mol. The van der Waals surface area contributed by atoms with Gasteiger partial charge in [0.2, 0.25) is 0 Å². The van der Waals surface area contributed by atoms with E-state index in [0.29, 0.717) is 0 Å². The molecular weight excluding hydrogens is 484 g/mol. The number of fused-ring (bicyclic) bond motifs is 2. The highest BCUT2D eigenvalue weighted by Crippen LogP contribution is 2.29. The Hall–Kier alpha value is -1.70. The van der Waals surface area contributed by atoms with Crippen LogP contribution in [0.1, 0.15) is 34.4 Å². The Balaban J connectivity index is 0.000000271. The van der Waals surface area contributed by atoms with Gasteiger partial charge in [-0.15, -0.1) is 0 Å². The lowest BCUT2D eigenvalue weighted by Gasteiger charge is -2.18. The van der Waals surface area contributed by atoms with Crippen LogP contribution in [0, 0.1) is 0 Å². The van der Waals surface area contributed by atoms with Gasteiger partial charge in [0.25, 0.3) is 0 Å². The first-order chi connectivity index (χ1) is 12.1. The number of hydrogen-bond donors (Lipinski definition) is 1. The van der Waals surface area contributed by atoms with Crippen LogP contribution >= 0.6 is 31.9 Å². The van der Waals surface area contributed by atoms with Crippen molar-refractivity contribution in [3.63, 3.8) is 0 Å². The van der Waals surface area contributed by atoms with Crippen LogP contribution in [0.15, 0.2) is 51.5 Å². The maximum Gasteiger partial charge on any atom is 0.101 e. The van der Waals surface area contributed by atoms with E-state index in [0.717, 1.165) is 31.1 Å². The Morgan fingerprint density at radius 2 is 1.46 bits per heavy atom. The van der Waals surface area contributed by atoms with Crippen LogP contribution in [0.5, 0.6) is 0 Å². The average Bonchev–Trinajstić information content (AvgIpc) is 3.04. The van der Waals surface area contributed by atoms with E-state index in [4.69, 9.17) is 0 Å². The molecule has 2 heterocycles. The monoisotopic (exact) mass is 510 g/mol. The van der Waals surface area contributed by atoms with E-state index in [9.17, 15) is 5.11 Å². The normalized spacial score (nSPS) is 10.8. The van der Waals surface area contributed by atoms with Crippen molar-refractivity contribution in [3.05, 3.63) is 57.2 Å². The molecule has 4 rings (SSSR count). The van der Waals surface area contributed by atoms with Gasteiger partial charge in [-0.1, -0.05) is 46.7 Å². The molecule has 5 nitrogen and oxygen atoms in total. The van der Waals surface area contributed by atoms with Gasteiger partial charge in [-0.3, -0.25) is 9.36 Å². The van der Waals surface area contributed by atoms with Gasteiger partial charge in [-0.2, -0.15) is 10.2 Å². The van der Waals surface area contributed by atoms with E-state index >= 15 is 0 Å². The summed E-state index contributed by atoms with van der Waals surface area (Å²) >= 11 is 6.83. The predicted octanol–water partition coefficient (Wildman–Crippen LogP) is 6.17. The fourth-order valence-electron chi connectivity index (χ4n) is 3.02. The second-order valence-electron chi connectivity index (χ2n) is 6.70. The van der Waals surface area contributed by atoms with Crippen LogP contribution < -0.4 is 0 Å². The summed E-state index contributed by atoms with van der Waals surface area (Å²) in [6, 6.07) is 11.9. The number of hydrogen-bond acceptors (Lipinski definition) is 3. The van der Waals surface area contributed by atoms with Gasteiger partial charge in [0, 0.05) is 40.0 Å². The lowest BCUT2D eigenvalue weighted by atomic mass is 10.0. The Kier molecular flexibility index (Phi) is 8.00. The number of halogens is 2. The minimum absolute atomic E-state index is 0. The van der Waals surface area contributed by atoms with Crippen molar-refractivity contribution in [2.45, 2.75) is 34.3 Å². The molecule has 0 aliphatic rings. The number of nitrogens with zero attached hydrogens (tertiary/aromatic N) is 4. The summed E-state index contributed by atoms with van der Waals surface area (Å²) < 4.78 is 5.64. The van der Waals surface area contributed by atoms with E-state index < -0.39 is 5.60 Å². The number of aromatic nitrogens is 4. The smallest absolute Gasteiger partial charge is 0.101 e. The molecular formula is C21H28Br2N4O. The van der Waals surface area contributed by atoms with E-state index in [1.807, 2.05) is 55.3 Å². The van der Waals surface area contributed by atoms with Crippen LogP contribution in [0.4, 0.5) is 0 Å². The van der Waals surface area contributed by atoms with E-state index in [1.165, 1.54) is 5.39 Å². The molecule has 1 N–H and O–H groups in total. The average molecular weight is 512 g/mol. The summed E-state index contributed by atoms with van der Waals surface area (Å²) in [4.78, 5) is 0. The maximum atomic E-state index is 10.1. The highest BCUT2D eigenvalue weighted by molar-refractivity contribution is 9.10. The van der Waals surface area contributed by atoms with Gasteiger partial charge in [0.05, 0.1) is 16.7 Å². The first-order valence-electron chi connectivity index (χ1n) is 8.09. The first-order valence-corrected chi connectivity index (χ1v) is 9.68. The zero-order valence-electron chi connectivity index (χ0n) is 15.0.